The summed E-state index contributed by atoms with van der Waals surface area (Å²) < 4.78 is 0. The molecule has 1 aromatic rings. The van der Waals surface area contributed by atoms with Gasteiger partial charge in [-0.05, 0) is 0 Å². The summed E-state index contributed by atoms with van der Waals surface area (Å²) in [6, 6.07) is 0. The van der Waals surface area contributed by atoms with Gasteiger partial charge in [0, 0.05) is 0 Å². The molecule has 0 saturated heterocycles. The maximum Gasteiger partial charge on any atom is 0.271 e. The second-order valence-electron chi connectivity index (χ2n) is 1.95. The Kier molecular flexibility index (Phi) is 2.72. The second-order valence-corrected chi connectivity index (χ2v) is 2.33. The van der Waals surface area contributed by atoms with Gasteiger partial charge >= 0.3 is 0 Å². The molecule has 12 heavy (non-hydrogen) atoms. The lowest BCUT2D eigenvalue weighted by Crippen LogP contribution is -2.11. The van der Waals surface area contributed by atoms with E-state index in [1.807, 2.05) is 0 Å². The molecule has 0 aliphatic carbocycles. The maximum atomic E-state index is 10.9. The van der Waals surface area contributed by atoms with Crippen LogP contribution in [0.1, 0.15) is 0 Å². The molecule has 1 heterocycles. The molecule has 0 amide bonds. The average molecular weight is 184 g/mol. The number of anilines is 1. The van der Waals surface area contributed by atoms with Gasteiger partial charge in [0.15, 0.2) is 5.82 Å². The van der Waals surface area contributed by atoms with Crippen molar-refractivity contribution in [1.29, 1.82) is 0 Å². The molecule has 4 nitrogen and oxygen atoms in total. The van der Waals surface area contributed by atoms with Crippen LogP contribution in [-0.2, 0) is 0 Å². The van der Waals surface area contributed by atoms with Crippen molar-refractivity contribution < 1.29 is 0 Å². The number of H-pyrrole nitrogens is 1. The first-order chi connectivity index (χ1) is 5.75. The molecule has 62 valence electrons. The lowest BCUT2D eigenvalue weighted by molar-refractivity contribution is 1.10. The van der Waals surface area contributed by atoms with Gasteiger partial charge in [0.1, 0.15) is 5.02 Å². The standard InChI is InChI=1S/C7H6ClN3O/c1-2-3-9-6-5(8)7(12)11-4-10-6/h1,4H,3H2,(H2,9,10,11,12). The van der Waals surface area contributed by atoms with Crippen molar-refractivity contribution in [3.05, 3.63) is 21.7 Å². The Morgan fingerprint density at radius 1 is 1.83 bits per heavy atom. The van der Waals surface area contributed by atoms with Crippen LogP contribution in [0.4, 0.5) is 5.82 Å². The molecule has 0 aliphatic heterocycles. The number of rotatable bonds is 2. The minimum Gasteiger partial charge on any atom is -0.358 e. The van der Waals surface area contributed by atoms with Crippen LogP contribution in [0.15, 0.2) is 11.1 Å². The van der Waals surface area contributed by atoms with Gasteiger partial charge in [-0.15, -0.1) is 6.42 Å². The van der Waals surface area contributed by atoms with E-state index in [0.717, 1.165) is 0 Å². The number of nitrogens with zero attached hydrogens (tertiary/aromatic N) is 1. The van der Waals surface area contributed by atoms with Gasteiger partial charge in [0.2, 0.25) is 0 Å². The summed E-state index contributed by atoms with van der Waals surface area (Å²) in [7, 11) is 0. The van der Waals surface area contributed by atoms with Gasteiger partial charge in [-0.25, -0.2) is 4.98 Å². The third-order valence-corrected chi connectivity index (χ3v) is 1.51. The van der Waals surface area contributed by atoms with Crippen LogP contribution in [0.25, 0.3) is 0 Å². The van der Waals surface area contributed by atoms with Gasteiger partial charge in [-0.2, -0.15) is 0 Å². The quantitative estimate of drug-likeness (QED) is 0.656. The number of halogens is 1. The number of aromatic amines is 1. The summed E-state index contributed by atoms with van der Waals surface area (Å²) in [5, 5.41) is 2.73. The fraction of sp³-hybridized carbons (Fsp3) is 0.143. The largest absolute Gasteiger partial charge is 0.358 e. The Labute approximate surface area is 74.0 Å². The summed E-state index contributed by atoms with van der Waals surface area (Å²) in [5.74, 6) is 2.64. The normalized spacial score (nSPS) is 9.00. The van der Waals surface area contributed by atoms with E-state index in [2.05, 4.69) is 21.2 Å². The molecule has 1 aromatic heterocycles. The Morgan fingerprint density at radius 3 is 3.25 bits per heavy atom. The molecule has 0 fully saturated rings. The summed E-state index contributed by atoms with van der Waals surface area (Å²) in [6.45, 7) is 0.288. The molecule has 0 bridgehead atoms. The summed E-state index contributed by atoms with van der Waals surface area (Å²) in [4.78, 5) is 17.0. The van der Waals surface area contributed by atoms with E-state index >= 15 is 0 Å². The van der Waals surface area contributed by atoms with E-state index in [9.17, 15) is 4.79 Å². The first-order valence-electron chi connectivity index (χ1n) is 3.16. The van der Waals surface area contributed by atoms with Gasteiger partial charge in [-0.1, -0.05) is 17.5 Å². The highest BCUT2D eigenvalue weighted by Gasteiger charge is 2.02. The SMILES string of the molecule is C#CCNc1nc[nH]c(=O)c1Cl. The third-order valence-electron chi connectivity index (χ3n) is 1.15. The molecule has 0 radical (unpaired) electrons. The highest BCUT2D eigenvalue weighted by Crippen LogP contribution is 2.10. The number of hydrogen-bond donors (Lipinski definition) is 2. The number of aromatic nitrogens is 2. The molecular weight excluding hydrogens is 178 g/mol. The predicted molar refractivity (Wildman–Crippen MR) is 47.2 cm³/mol. The van der Waals surface area contributed by atoms with Gasteiger partial charge in [0.25, 0.3) is 5.56 Å². The van der Waals surface area contributed by atoms with Crippen LogP contribution in [0.3, 0.4) is 0 Å². The fourth-order valence-corrected chi connectivity index (χ4v) is 0.811. The molecule has 1 rings (SSSR count). The van der Waals surface area contributed by atoms with E-state index < -0.39 is 0 Å². The van der Waals surface area contributed by atoms with E-state index in [4.69, 9.17) is 18.0 Å². The molecule has 0 atom stereocenters. The van der Waals surface area contributed by atoms with E-state index in [1.54, 1.807) is 0 Å². The number of hydrogen-bond acceptors (Lipinski definition) is 3. The zero-order valence-electron chi connectivity index (χ0n) is 6.10. The highest BCUT2D eigenvalue weighted by molar-refractivity contribution is 6.32. The Hall–Kier alpha value is -1.47. The molecule has 0 unspecified atom stereocenters. The van der Waals surface area contributed by atoms with Gasteiger partial charge in [-0.3, -0.25) is 4.79 Å². The van der Waals surface area contributed by atoms with Crippen molar-refractivity contribution in [2.75, 3.05) is 11.9 Å². The van der Waals surface area contributed by atoms with E-state index in [-0.39, 0.29) is 17.1 Å². The lowest BCUT2D eigenvalue weighted by atomic mass is 10.5. The van der Waals surface area contributed by atoms with Crippen LogP contribution in [-0.4, -0.2) is 16.5 Å². The molecule has 2 N–H and O–H groups in total. The number of terminal acetylenes is 1. The molecule has 0 aromatic carbocycles. The summed E-state index contributed by atoms with van der Waals surface area (Å²) in [6.07, 6.45) is 6.25. The monoisotopic (exact) mass is 183 g/mol. The lowest BCUT2D eigenvalue weighted by Gasteiger charge is -2.00. The van der Waals surface area contributed by atoms with Crippen molar-refractivity contribution in [3.8, 4) is 12.3 Å². The fourth-order valence-electron chi connectivity index (χ4n) is 0.641. The summed E-state index contributed by atoms with van der Waals surface area (Å²) in [5.41, 5.74) is -0.383. The van der Waals surface area contributed by atoms with Crippen LogP contribution in [0, 0.1) is 12.3 Å². The van der Waals surface area contributed by atoms with Crippen molar-refractivity contribution in [3.63, 3.8) is 0 Å². The predicted octanol–water partition coefficient (Wildman–Crippen LogP) is 0.468. The van der Waals surface area contributed by atoms with E-state index in [1.165, 1.54) is 6.33 Å². The third kappa shape index (κ3) is 1.77. The van der Waals surface area contributed by atoms with Gasteiger partial charge < -0.3 is 10.3 Å². The second kappa shape index (κ2) is 3.79. The van der Waals surface area contributed by atoms with Gasteiger partial charge in [0.05, 0.1) is 12.9 Å². The maximum absolute atomic E-state index is 10.9. The Bertz CT molecular complexity index is 366. The van der Waals surface area contributed by atoms with Crippen molar-refractivity contribution in [2.24, 2.45) is 0 Å². The van der Waals surface area contributed by atoms with Crippen LogP contribution >= 0.6 is 11.6 Å². The Balaban J connectivity index is 2.94. The molecule has 5 heteroatoms. The number of nitrogens with one attached hydrogen (secondary N) is 2. The van der Waals surface area contributed by atoms with Crippen LogP contribution < -0.4 is 10.9 Å². The average Bonchev–Trinajstić information content (AvgIpc) is 2.08. The Morgan fingerprint density at radius 2 is 2.58 bits per heavy atom. The molecule has 0 saturated carbocycles. The molecular formula is C7H6ClN3O. The minimum absolute atomic E-state index is 0.0211. The van der Waals surface area contributed by atoms with Crippen molar-refractivity contribution in [2.45, 2.75) is 0 Å². The summed E-state index contributed by atoms with van der Waals surface area (Å²) >= 11 is 5.59. The zero-order valence-corrected chi connectivity index (χ0v) is 6.85. The smallest absolute Gasteiger partial charge is 0.271 e. The zero-order chi connectivity index (χ0) is 8.97. The van der Waals surface area contributed by atoms with Crippen LogP contribution in [0.5, 0.6) is 0 Å². The minimum atomic E-state index is -0.383. The topological polar surface area (TPSA) is 57.8 Å². The highest BCUT2D eigenvalue weighted by atomic mass is 35.5. The van der Waals surface area contributed by atoms with E-state index in [0.29, 0.717) is 5.82 Å². The van der Waals surface area contributed by atoms with Crippen molar-refractivity contribution >= 4 is 17.4 Å². The first-order valence-corrected chi connectivity index (χ1v) is 3.54. The molecule has 0 spiro atoms. The van der Waals surface area contributed by atoms with Crippen molar-refractivity contribution in [1.82, 2.24) is 9.97 Å². The molecule has 0 aliphatic rings. The van der Waals surface area contributed by atoms with Crippen LogP contribution in [0.2, 0.25) is 5.02 Å². The first kappa shape index (κ1) is 8.62.